The van der Waals surface area contributed by atoms with Gasteiger partial charge in [0.05, 0.1) is 20.7 Å². The number of nitro groups is 1. The van der Waals surface area contributed by atoms with Crippen LogP contribution in [0.3, 0.4) is 0 Å². The number of carbonyl (C=O) groups is 2. The number of hydrogen-bond acceptors (Lipinski definition) is 6. The molecule has 0 spiro atoms. The molecule has 3 N–H and O–H groups in total. The smallest absolute Gasteiger partial charge is 0.270 e. The molecule has 0 aliphatic rings. The van der Waals surface area contributed by atoms with Gasteiger partial charge in [0.15, 0.2) is 0 Å². The van der Waals surface area contributed by atoms with E-state index < -0.39 is 22.8 Å². The first-order valence-corrected chi connectivity index (χ1v) is 10.5. The SMILES string of the molecule is CSCCC(NC(=O)c1cccc([N+](=O)[O-])c1)C(=O)NNc1ccc(Cl)c(Cl)c1. The largest absolute Gasteiger partial charge is 0.340 e. The molecule has 0 saturated carbocycles. The van der Waals surface area contributed by atoms with Crippen molar-refractivity contribution in [2.45, 2.75) is 12.5 Å². The highest BCUT2D eigenvalue weighted by Crippen LogP contribution is 2.24. The number of nitrogens with one attached hydrogen (secondary N) is 3. The summed E-state index contributed by atoms with van der Waals surface area (Å²) in [4.78, 5) is 35.3. The molecule has 1 atom stereocenters. The van der Waals surface area contributed by atoms with E-state index in [0.29, 0.717) is 27.9 Å². The van der Waals surface area contributed by atoms with Crippen molar-refractivity contribution in [1.29, 1.82) is 0 Å². The number of anilines is 1. The summed E-state index contributed by atoms with van der Waals surface area (Å²) in [6.07, 6.45) is 2.25. The second-order valence-corrected chi connectivity index (χ2v) is 7.66. The van der Waals surface area contributed by atoms with Gasteiger partial charge in [0.2, 0.25) is 0 Å². The molecule has 0 aliphatic carbocycles. The molecule has 2 aromatic rings. The van der Waals surface area contributed by atoms with Gasteiger partial charge in [-0.2, -0.15) is 11.8 Å². The number of hydrazine groups is 1. The van der Waals surface area contributed by atoms with Gasteiger partial charge in [0.1, 0.15) is 6.04 Å². The van der Waals surface area contributed by atoms with E-state index >= 15 is 0 Å². The molecule has 2 amide bonds. The number of rotatable bonds is 9. The van der Waals surface area contributed by atoms with Gasteiger partial charge < -0.3 is 5.32 Å². The van der Waals surface area contributed by atoms with Crippen LogP contribution in [0.4, 0.5) is 11.4 Å². The quantitative estimate of drug-likeness (QED) is 0.389. The lowest BCUT2D eigenvalue weighted by Crippen LogP contribution is -2.48. The van der Waals surface area contributed by atoms with Crippen molar-refractivity contribution in [3.63, 3.8) is 0 Å². The van der Waals surface area contributed by atoms with Gasteiger partial charge in [-0.05, 0) is 42.7 Å². The molecule has 0 aromatic heterocycles. The van der Waals surface area contributed by atoms with Crippen molar-refractivity contribution in [3.8, 4) is 0 Å². The van der Waals surface area contributed by atoms with Gasteiger partial charge in [0.25, 0.3) is 17.5 Å². The van der Waals surface area contributed by atoms with Gasteiger partial charge in [-0.3, -0.25) is 30.6 Å². The molecule has 8 nitrogen and oxygen atoms in total. The Bertz CT molecular complexity index is 913. The molecule has 11 heteroatoms. The molecule has 0 fully saturated rings. The standard InChI is InChI=1S/C18H18Cl2N4O4S/c1-29-8-7-16(18(26)23-22-12-5-6-14(19)15(20)10-12)21-17(25)11-3-2-4-13(9-11)24(27)28/h2-6,9-10,16,22H,7-8H2,1H3,(H,21,25)(H,23,26). The van der Waals surface area contributed by atoms with E-state index in [1.54, 1.807) is 18.2 Å². The number of hydrogen-bond donors (Lipinski definition) is 3. The molecule has 0 aliphatic heterocycles. The Morgan fingerprint density at radius 2 is 1.93 bits per heavy atom. The molecule has 2 rings (SSSR count). The van der Waals surface area contributed by atoms with Crippen molar-refractivity contribution in [3.05, 3.63) is 68.2 Å². The summed E-state index contributed by atoms with van der Waals surface area (Å²) in [6, 6.07) is 9.21. The Balaban J connectivity index is 2.06. The average molecular weight is 457 g/mol. The minimum atomic E-state index is -0.843. The van der Waals surface area contributed by atoms with Crippen molar-refractivity contribution in [2.24, 2.45) is 0 Å². The first kappa shape index (κ1) is 22.8. The lowest BCUT2D eigenvalue weighted by molar-refractivity contribution is -0.384. The lowest BCUT2D eigenvalue weighted by atomic mass is 10.1. The zero-order chi connectivity index (χ0) is 21.4. The van der Waals surface area contributed by atoms with Crippen LogP contribution in [0.15, 0.2) is 42.5 Å². The Labute approximate surface area is 181 Å². The maximum absolute atomic E-state index is 12.6. The fourth-order valence-electron chi connectivity index (χ4n) is 2.30. The van der Waals surface area contributed by atoms with E-state index in [9.17, 15) is 19.7 Å². The number of benzene rings is 2. The van der Waals surface area contributed by atoms with Crippen LogP contribution in [0.2, 0.25) is 10.0 Å². The fourth-order valence-corrected chi connectivity index (χ4v) is 3.07. The monoisotopic (exact) mass is 456 g/mol. The highest BCUT2D eigenvalue weighted by atomic mass is 35.5. The number of carbonyl (C=O) groups excluding carboxylic acids is 2. The molecule has 0 saturated heterocycles. The van der Waals surface area contributed by atoms with Crippen molar-refractivity contribution < 1.29 is 14.5 Å². The predicted octanol–water partition coefficient (Wildman–Crippen LogP) is 3.90. The summed E-state index contributed by atoms with van der Waals surface area (Å²) in [7, 11) is 0. The second-order valence-electron chi connectivity index (χ2n) is 5.86. The van der Waals surface area contributed by atoms with Crippen molar-refractivity contribution in [1.82, 2.24) is 10.7 Å². The van der Waals surface area contributed by atoms with E-state index in [1.807, 2.05) is 6.26 Å². The molecule has 29 heavy (non-hydrogen) atoms. The van der Waals surface area contributed by atoms with Gasteiger partial charge in [-0.25, -0.2) is 0 Å². The van der Waals surface area contributed by atoms with Crippen LogP contribution in [0, 0.1) is 10.1 Å². The molecule has 2 aromatic carbocycles. The topological polar surface area (TPSA) is 113 Å². The predicted molar refractivity (Wildman–Crippen MR) is 116 cm³/mol. The maximum atomic E-state index is 12.6. The number of thioether (sulfide) groups is 1. The minimum absolute atomic E-state index is 0.0959. The number of halogens is 2. The fraction of sp³-hybridized carbons (Fsp3) is 0.222. The highest BCUT2D eigenvalue weighted by Gasteiger charge is 2.22. The molecular formula is C18H18Cl2N4O4S. The average Bonchev–Trinajstić information content (AvgIpc) is 2.71. The number of non-ortho nitro benzene ring substituents is 1. The number of nitrogens with zero attached hydrogens (tertiary/aromatic N) is 1. The van der Waals surface area contributed by atoms with E-state index in [4.69, 9.17) is 23.2 Å². The third-order valence-corrected chi connectivity index (χ3v) is 5.18. The summed E-state index contributed by atoms with van der Waals surface area (Å²) in [5.74, 6) is -0.423. The summed E-state index contributed by atoms with van der Waals surface area (Å²) >= 11 is 13.3. The third kappa shape index (κ3) is 6.81. The summed E-state index contributed by atoms with van der Waals surface area (Å²) in [5, 5.41) is 14.2. The molecule has 0 heterocycles. The molecular weight excluding hydrogens is 439 g/mol. The van der Waals surface area contributed by atoms with Crippen molar-refractivity contribution >= 4 is 58.2 Å². The van der Waals surface area contributed by atoms with Crippen LogP contribution in [0.1, 0.15) is 16.8 Å². The number of nitro benzene ring substituents is 1. The third-order valence-electron chi connectivity index (χ3n) is 3.80. The molecule has 154 valence electrons. The normalized spacial score (nSPS) is 11.4. The zero-order valence-corrected chi connectivity index (χ0v) is 17.6. The van der Waals surface area contributed by atoms with E-state index in [1.165, 1.54) is 30.0 Å². The minimum Gasteiger partial charge on any atom is -0.340 e. The molecule has 0 bridgehead atoms. The zero-order valence-electron chi connectivity index (χ0n) is 15.3. The van der Waals surface area contributed by atoms with E-state index in [-0.39, 0.29) is 11.3 Å². The second kappa shape index (κ2) is 10.9. The van der Waals surface area contributed by atoms with Crippen molar-refractivity contribution in [2.75, 3.05) is 17.4 Å². The summed E-state index contributed by atoms with van der Waals surface area (Å²) in [6.45, 7) is 0. The van der Waals surface area contributed by atoms with Gasteiger partial charge >= 0.3 is 0 Å². The first-order chi connectivity index (χ1) is 13.8. The van der Waals surface area contributed by atoms with Crippen LogP contribution < -0.4 is 16.2 Å². The van der Waals surface area contributed by atoms with Crippen LogP contribution in [0.25, 0.3) is 0 Å². The Kier molecular flexibility index (Phi) is 8.56. The van der Waals surface area contributed by atoms with E-state index in [2.05, 4.69) is 16.2 Å². The first-order valence-electron chi connectivity index (χ1n) is 8.37. The van der Waals surface area contributed by atoms with Crippen LogP contribution >= 0.6 is 35.0 Å². The highest BCUT2D eigenvalue weighted by molar-refractivity contribution is 7.98. The lowest BCUT2D eigenvalue weighted by Gasteiger charge is -2.19. The van der Waals surface area contributed by atoms with Crippen LogP contribution in [-0.2, 0) is 4.79 Å². The Morgan fingerprint density at radius 3 is 2.59 bits per heavy atom. The molecule has 0 radical (unpaired) electrons. The van der Waals surface area contributed by atoms with Gasteiger partial charge in [0, 0.05) is 17.7 Å². The maximum Gasteiger partial charge on any atom is 0.270 e. The summed E-state index contributed by atoms with van der Waals surface area (Å²) in [5.41, 5.74) is 5.64. The van der Waals surface area contributed by atoms with E-state index in [0.717, 1.165) is 6.07 Å². The Hall–Kier alpha value is -2.49. The number of amides is 2. The Morgan fingerprint density at radius 1 is 1.17 bits per heavy atom. The summed E-state index contributed by atoms with van der Waals surface area (Å²) < 4.78 is 0. The van der Waals surface area contributed by atoms with Gasteiger partial charge in [-0.15, -0.1) is 0 Å². The van der Waals surface area contributed by atoms with Crippen LogP contribution in [0.5, 0.6) is 0 Å². The van der Waals surface area contributed by atoms with Gasteiger partial charge in [-0.1, -0.05) is 29.3 Å². The van der Waals surface area contributed by atoms with Crippen LogP contribution in [-0.4, -0.2) is 34.8 Å². The molecule has 1 unspecified atom stereocenters.